The fourth-order valence-corrected chi connectivity index (χ4v) is 3.51. The Labute approximate surface area is 140 Å². The molecular weight excluding hydrogens is 330 g/mol. The maximum atomic E-state index is 12.1. The van der Waals surface area contributed by atoms with Crippen molar-refractivity contribution in [2.45, 2.75) is 18.8 Å². The zero-order chi connectivity index (χ0) is 15.6. The molecule has 3 aromatic heterocycles. The molecule has 0 saturated heterocycles. The number of carbonyl (C=O) groups is 1. The average molecular weight is 343 g/mol. The Hall–Kier alpha value is -2.25. The summed E-state index contributed by atoms with van der Waals surface area (Å²) in [5.74, 6) is 1.50. The van der Waals surface area contributed by atoms with E-state index in [9.17, 15) is 4.79 Å². The molecule has 1 saturated carbocycles. The Bertz CT molecular complexity index is 844. The number of aromatic nitrogens is 2. The summed E-state index contributed by atoms with van der Waals surface area (Å²) < 4.78 is 5.33. The minimum Gasteiger partial charge on any atom is -0.333 e. The molecule has 0 atom stereocenters. The molecule has 1 aliphatic rings. The van der Waals surface area contributed by atoms with Crippen LogP contribution >= 0.6 is 22.7 Å². The Kier molecular flexibility index (Phi) is 3.80. The van der Waals surface area contributed by atoms with E-state index < -0.39 is 0 Å². The predicted molar refractivity (Wildman–Crippen MR) is 91.6 cm³/mol. The summed E-state index contributed by atoms with van der Waals surface area (Å²) in [6.07, 6.45) is 5.57. The molecule has 1 amide bonds. The number of nitrogens with one attached hydrogen (secondary N) is 1. The Morgan fingerprint density at radius 3 is 3.00 bits per heavy atom. The van der Waals surface area contributed by atoms with E-state index in [0.29, 0.717) is 17.5 Å². The number of hydrogen-bond donors (Lipinski definition) is 1. The van der Waals surface area contributed by atoms with Gasteiger partial charge in [-0.25, -0.2) is 0 Å². The van der Waals surface area contributed by atoms with Crippen molar-refractivity contribution in [1.29, 1.82) is 0 Å². The van der Waals surface area contributed by atoms with Crippen LogP contribution < -0.4 is 5.32 Å². The van der Waals surface area contributed by atoms with E-state index in [1.165, 1.54) is 17.4 Å². The molecule has 0 bridgehead atoms. The summed E-state index contributed by atoms with van der Waals surface area (Å²) >= 11 is 3.06. The van der Waals surface area contributed by atoms with Gasteiger partial charge in [0.15, 0.2) is 5.82 Å². The first-order valence-corrected chi connectivity index (χ1v) is 8.99. The third-order valence-electron chi connectivity index (χ3n) is 3.44. The SMILES string of the molecule is O=C(/C=C/c1cccs1)Nc1ccsc1-c1nc(C2CC2)no1. The molecule has 0 unspecified atom stereocenters. The Morgan fingerprint density at radius 1 is 1.30 bits per heavy atom. The second-order valence-electron chi connectivity index (χ2n) is 5.23. The molecule has 5 nitrogen and oxygen atoms in total. The van der Waals surface area contributed by atoms with Gasteiger partial charge in [0.2, 0.25) is 5.91 Å². The lowest BCUT2D eigenvalue weighted by molar-refractivity contribution is -0.111. The molecule has 116 valence electrons. The van der Waals surface area contributed by atoms with Crippen molar-refractivity contribution >= 4 is 40.3 Å². The molecule has 0 radical (unpaired) electrons. The van der Waals surface area contributed by atoms with Crippen LogP contribution in [0.4, 0.5) is 5.69 Å². The first-order chi connectivity index (χ1) is 11.3. The van der Waals surface area contributed by atoms with Gasteiger partial charge in [-0.05, 0) is 41.8 Å². The quantitative estimate of drug-likeness (QED) is 0.698. The first-order valence-electron chi connectivity index (χ1n) is 7.23. The highest BCUT2D eigenvalue weighted by molar-refractivity contribution is 7.14. The maximum Gasteiger partial charge on any atom is 0.270 e. The zero-order valence-electron chi connectivity index (χ0n) is 12.1. The second-order valence-corrected chi connectivity index (χ2v) is 7.13. The van der Waals surface area contributed by atoms with Crippen molar-refractivity contribution in [1.82, 2.24) is 10.1 Å². The average Bonchev–Trinajstić information content (AvgIpc) is 2.99. The fourth-order valence-electron chi connectivity index (χ4n) is 2.13. The van der Waals surface area contributed by atoms with Crippen LogP contribution in [0.5, 0.6) is 0 Å². The van der Waals surface area contributed by atoms with E-state index in [1.807, 2.05) is 29.0 Å². The fraction of sp³-hybridized carbons (Fsp3) is 0.188. The molecule has 1 aliphatic carbocycles. The van der Waals surface area contributed by atoms with Crippen molar-refractivity contribution < 1.29 is 9.32 Å². The highest BCUT2D eigenvalue weighted by Gasteiger charge is 2.29. The van der Waals surface area contributed by atoms with Gasteiger partial charge < -0.3 is 9.84 Å². The largest absolute Gasteiger partial charge is 0.333 e. The van der Waals surface area contributed by atoms with Gasteiger partial charge in [0, 0.05) is 16.9 Å². The lowest BCUT2D eigenvalue weighted by Crippen LogP contribution is -2.07. The van der Waals surface area contributed by atoms with Crippen LogP contribution in [0.2, 0.25) is 0 Å². The van der Waals surface area contributed by atoms with Crippen LogP contribution in [0, 0.1) is 0 Å². The van der Waals surface area contributed by atoms with Gasteiger partial charge in [0.25, 0.3) is 5.89 Å². The number of anilines is 1. The van der Waals surface area contributed by atoms with Crippen molar-refractivity contribution in [3.05, 3.63) is 45.7 Å². The topological polar surface area (TPSA) is 68.0 Å². The molecule has 1 N–H and O–H groups in total. The molecule has 1 fully saturated rings. The monoisotopic (exact) mass is 343 g/mol. The number of nitrogens with zero attached hydrogens (tertiary/aromatic N) is 2. The van der Waals surface area contributed by atoms with Crippen LogP contribution in [-0.2, 0) is 4.79 Å². The number of thiophene rings is 2. The van der Waals surface area contributed by atoms with Gasteiger partial charge in [0.05, 0.1) is 5.69 Å². The number of hydrogen-bond acceptors (Lipinski definition) is 6. The molecule has 7 heteroatoms. The summed E-state index contributed by atoms with van der Waals surface area (Å²) in [7, 11) is 0. The summed E-state index contributed by atoms with van der Waals surface area (Å²) in [6.45, 7) is 0. The number of rotatable bonds is 5. The molecule has 0 aromatic carbocycles. The van der Waals surface area contributed by atoms with Crippen molar-refractivity contribution in [2.24, 2.45) is 0 Å². The standard InChI is InChI=1S/C16H13N3O2S2/c20-13(6-5-11-2-1-8-22-11)17-12-7-9-23-14(12)16-18-15(19-21-16)10-3-4-10/h1-2,5-10H,3-4H2,(H,17,20)/b6-5+. The van der Waals surface area contributed by atoms with Gasteiger partial charge >= 0.3 is 0 Å². The molecule has 3 heterocycles. The smallest absolute Gasteiger partial charge is 0.270 e. The normalized spacial score (nSPS) is 14.4. The van der Waals surface area contributed by atoms with Crippen molar-refractivity contribution in [2.75, 3.05) is 5.32 Å². The van der Waals surface area contributed by atoms with E-state index in [0.717, 1.165) is 28.4 Å². The van der Waals surface area contributed by atoms with Crippen LogP contribution in [-0.4, -0.2) is 16.0 Å². The van der Waals surface area contributed by atoms with Gasteiger partial charge in [-0.2, -0.15) is 4.98 Å². The number of carbonyl (C=O) groups excluding carboxylic acids is 1. The lowest BCUT2D eigenvalue weighted by atomic mass is 10.3. The van der Waals surface area contributed by atoms with E-state index in [4.69, 9.17) is 4.52 Å². The van der Waals surface area contributed by atoms with Crippen molar-refractivity contribution in [3.8, 4) is 10.8 Å². The molecule has 3 aromatic rings. The van der Waals surface area contributed by atoms with E-state index >= 15 is 0 Å². The van der Waals surface area contributed by atoms with Crippen LogP contribution in [0.25, 0.3) is 16.8 Å². The maximum absolute atomic E-state index is 12.1. The van der Waals surface area contributed by atoms with Gasteiger partial charge in [-0.1, -0.05) is 11.2 Å². The number of amides is 1. The minimum atomic E-state index is -0.181. The van der Waals surface area contributed by atoms with Gasteiger partial charge in [-0.15, -0.1) is 22.7 Å². The Morgan fingerprint density at radius 2 is 2.22 bits per heavy atom. The van der Waals surface area contributed by atoms with Crippen LogP contribution in [0.3, 0.4) is 0 Å². The highest BCUT2D eigenvalue weighted by Crippen LogP contribution is 2.40. The van der Waals surface area contributed by atoms with E-state index in [-0.39, 0.29) is 5.91 Å². The predicted octanol–water partition coefficient (Wildman–Crippen LogP) is 4.39. The molecule has 0 spiro atoms. The highest BCUT2D eigenvalue weighted by atomic mass is 32.1. The lowest BCUT2D eigenvalue weighted by Gasteiger charge is -2.00. The van der Waals surface area contributed by atoms with Crippen LogP contribution in [0.15, 0.2) is 39.6 Å². The third kappa shape index (κ3) is 3.25. The summed E-state index contributed by atoms with van der Waals surface area (Å²) in [5.41, 5.74) is 0.696. The molecule has 4 rings (SSSR count). The summed E-state index contributed by atoms with van der Waals surface area (Å²) in [4.78, 5) is 18.3. The van der Waals surface area contributed by atoms with Crippen molar-refractivity contribution in [3.63, 3.8) is 0 Å². The van der Waals surface area contributed by atoms with Crippen LogP contribution in [0.1, 0.15) is 29.5 Å². The zero-order valence-corrected chi connectivity index (χ0v) is 13.7. The summed E-state index contributed by atoms with van der Waals surface area (Å²) in [6, 6.07) is 5.76. The molecule has 23 heavy (non-hydrogen) atoms. The second kappa shape index (κ2) is 6.10. The molecule has 0 aliphatic heterocycles. The van der Waals surface area contributed by atoms with Gasteiger partial charge in [-0.3, -0.25) is 4.79 Å². The molecular formula is C16H13N3O2S2. The first kappa shape index (κ1) is 14.3. The van der Waals surface area contributed by atoms with Gasteiger partial charge in [0.1, 0.15) is 4.88 Å². The summed E-state index contributed by atoms with van der Waals surface area (Å²) in [5, 5.41) is 10.8. The van der Waals surface area contributed by atoms with E-state index in [2.05, 4.69) is 15.5 Å². The third-order valence-corrected chi connectivity index (χ3v) is 5.18. The van der Waals surface area contributed by atoms with E-state index in [1.54, 1.807) is 17.4 Å². The Balaban J connectivity index is 1.49. The minimum absolute atomic E-state index is 0.181.